The van der Waals surface area contributed by atoms with Gasteiger partial charge in [-0.2, -0.15) is 5.10 Å². The Balaban J connectivity index is 1.61. The van der Waals surface area contributed by atoms with Gasteiger partial charge in [0.1, 0.15) is 6.04 Å². The highest BCUT2D eigenvalue weighted by molar-refractivity contribution is 5.95. The van der Waals surface area contributed by atoms with Crippen molar-refractivity contribution >= 4 is 5.91 Å². The number of carbonyl (C=O) groups excluding carboxylic acids is 1. The molecule has 1 N–H and O–H groups in total. The van der Waals surface area contributed by atoms with Crippen LogP contribution in [0, 0.1) is 6.92 Å². The van der Waals surface area contributed by atoms with Crippen molar-refractivity contribution < 1.29 is 13.9 Å². The van der Waals surface area contributed by atoms with Crippen LogP contribution in [-0.4, -0.2) is 51.0 Å². The molecule has 3 heterocycles. The number of aromatic amines is 1. The second-order valence-corrected chi connectivity index (χ2v) is 7.26. The monoisotopic (exact) mass is 359 g/mol. The van der Waals surface area contributed by atoms with Crippen LogP contribution in [0.4, 0.5) is 0 Å². The molecule has 4 rings (SSSR count). The normalized spacial score (nSPS) is 24.3. The van der Waals surface area contributed by atoms with Gasteiger partial charge in [0, 0.05) is 32.9 Å². The van der Waals surface area contributed by atoms with E-state index >= 15 is 0 Å². The molecule has 0 radical (unpaired) electrons. The molecular weight excluding hydrogens is 334 g/mol. The fourth-order valence-electron chi connectivity index (χ4n) is 4.20. The Bertz CT molecular complexity index is 764. The predicted molar refractivity (Wildman–Crippen MR) is 92.6 cm³/mol. The maximum Gasteiger partial charge on any atom is 0.258 e. The first-order chi connectivity index (χ1) is 12.7. The van der Waals surface area contributed by atoms with Crippen molar-refractivity contribution in [2.45, 2.75) is 63.5 Å². The molecule has 1 aliphatic heterocycles. The second kappa shape index (κ2) is 7.19. The van der Waals surface area contributed by atoms with Crippen molar-refractivity contribution in [3.05, 3.63) is 29.2 Å². The molecule has 2 atom stereocenters. The van der Waals surface area contributed by atoms with E-state index in [1.54, 1.807) is 25.1 Å². The first kappa shape index (κ1) is 17.2. The summed E-state index contributed by atoms with van der Waals surface area (Å²) in [5.74, 6) is 1.31. The number of amides is 1. The van der Waals surface area contributed by atoms with E-state index in [-0.39, 0.29) is 18.1 Å². The minimum atomic E-state index is -0.261. The highest BCUT2D eigenvalue weighted by Crippen LogP contribution is 2.37. The topological polar surface area (TPSA) is 97.1 Å². The third-order valence-corrected chi connectivity index (χ3v) is 5.60. The van der Waals surface area contributed by atoms with Crippen LogP contribution < -0.4 is 0 Å². The SMILES string of the molecule is CO[C@H]1C[C@H](c2nnc(C)o2)N(C(=O)c2cn[nH]c2C2CCCCC2)C1. The molecule has 0 aromatic carbocycles. The number of hydrogen-bond acceptors (Lipinski definition) is 6. The maximum absolute atomic E-state index is 13.3. The smallest absolute Gasteiger partial charge is 0.258 e. The van der Waals surface area contributed by atoms with Gasteiger partial charge in [-0.15, -0.1) is 10.2 Å². The van der Waals surface area contributed by atoms with Gasteiger partial charge in [-0.3, -0.25) is 9.89 Å². The molecule has 0 spiro atoms. The summed E-state index contributed by atoms with van der Waals surface area (Å²) in [7, 11) is 1.67. The molecule has 8 heteroatoms. The van der Waals surface area contributed by atoms with Gasteiger partial charge in [-0.25, -0.2) is 0 Å². The van der Waals surface area contributed by atoms with Crippen LogP contribution in [0.2, 0.25) is 0 Å². The van der Waals surface area contributed by atoms with Gasteiger partial charge in [-0.1, -0.05) is 19.3 Å². The van der Waals surface area contributed by atoms with E-state index in [4.69, 9.17) is 9.15 Å². The summed E-state index contributed by atoms with van der Waals surface area (Å²) in [6, 6.07) is -0.261. The molecule has 2 aliphatic rings. The third-order valence-electron chi connectivity index (χ3n) is 5.60. The van der Waals surface area contributed by atoms with Crippen molar-refractivity contribution in [1.82, 2.24) is 25.3 Å². The van der Waals surface area contributed by atoms with Crippen molar-refractivity contribution in [2.75, 3.05) is 13.7 Å². The molecule has 26 heavy (non-hydrogen) atoms. The molecule has 2 fully saturated rings. The molecule has 1 saturated heterocycles. The van der Waals surface area contributed by atoms with E-state index in [1.165, 1.54) is 19.3 Å². The Morgan fingerprint density at radius 1 is 1.31 bits per heavy atom. The Hall–Kier alpha value is -2.22. The van der Waals surface area contributed by atoms with Crippen LogP contribution in [0.5, 0.6) is 0 Å². The van der Waals surface area contributed by atoms with E-state index in [2.05, 4.69) is 20.4 Å². The first-order valence-electron chi connectivity index (χ1n) is 9.34. The van der Waals surface area contributed by atoms with Gasteiger partial charge in [-0.05, 0) is 12.8 Å². The number of nitrogens with one attached hydrogen (secondary N) is 1. The molecule has 1 amide bonds. The summed E-state index contributed by atoms with van der Waals surface area (Å²) in [6.07, 6.45) is 8.16. The standard InChI is InChI=1S/C18H25N5O3/c1-11-20-22-17(26-11)15-8-13(25-2)10-23(15)18(24)14-9-19-21-16(14)12-6-4-3-5-7-12/h9,12-13,15H,3-8,10H2,1-2H3,(H,19,21)/t13-,15+/m0/s1. The van der Waals surface area contributed by atoms with Crippen LogP contribution in [-0.2, 0) is 4.74 Å². The fraction of sp³-hybridized carbons (Fsp3) is 0.667. The summed E-state index contributed by atoms with van der Waals surface area (Å²) in [6.45, 7) is 2.26. The number of H-pyrrole nitrogens is 1. The van der Waals surface area contributed by atoms with Crippen molar-refractivity contribution in [3.63, 3.8) is 0 Å². The number of ether oxygens (including phenoxy) is 1. The van der Waals surface area contributed by atoms with Crippen molar-refractivity contribution in [3.8, 4) is 0 Å². The number of hydrogen-bond donors (Lipinski definition) is 1. The van der Waals surface area contributed by atoms with Crippen LogP contribution in [0.15, 0.2) is 10.6 Å². The molecular formula is C18H25N5O3. The zero-order valence-electron chi connectivity index (χ0n) is 15.3. The molecule has 8 nitrogen and oxygen atoms in total. The summed E-state index contributed by atoms with van der Waals surface area (Å²) >= 11 is 0. The van der Waals surface area contributed by atoms with Crippen molar-refractivity contribution in [1.29, 1.82) is 0 Å². The van der Waals surface area contributed by atoms with Crippen molar-refractivity contribution in [2.24, 2.45) is 0 Å². The number of aromatic nitrogens is 4. The quantitative estimate of drug-likeness (QED) is 0.901. The van der Waals surface area contributed by atoms with Crippen LogP contribution in [0.3, 0.4) is 0 Å². The van der Waals surface area contributed by atoms with Crippen LogP contribution in [0.1, 0.15) is 78.3 Å². The maximum atomic E-state index is 13.3. The Kier molecular flexibility index (Phi) is 4.76. The first-order valence-corrected chi connectivity index (χ1v) is 9.34. The fourth-order valence-corrected chi connectivity index (χ4v) is 4.20. The summed E-state index contributed by atoms with van der Waals surface area (Å²) in [4.78, 5) is 15.1. The van der Waals surface area contributed by atoms with E-state index in [1.807, 2.05) is 0 Å². The third kappa shape index (κ3) is 3.13. The Morgan fingerprint density at radius 3 is 2.81 bits per heavy atom. The minimum Gasteiger partial charge on any atom is -0.423 e. The average Bonchev–Trinajstić information content (AvgIpc) is 3.40. The average molecular weight is 359 g/mol. The lowest BCUT2D eigenvalue weighted by Gasteiger charge is -2.24. The van der Waals surface area contributed by atoms with Gasteiger partial charge in [0.2, 0.25) is 11.8 Å². The van der Waals surface area contributed by atoms with E-state index in [0.717, 1.165) is 18.5 Å². The minimum absolute atomic E-state index is 0.0406. The van der Waals surface area contributed by atoms with Gasteiger partial charge in [0.15, 0.2) is 0 Å². The highest BCUT2D eigenvalue weighted by atomic mass is 16.5. The van der Waals surface area contributed by atoms with Gasteiger partial charge in [0.05, 0.1) is 23.6 Å². The largest absolute Gasteiger partial charge is 0.423 e. The van der Waals surface area contributed by atoms with Gasteiger partial charge >= 0.3 is 0 Å². The van der Waals surface area contributed by atoms with E-state index in [9.17, 15) is 4.79 Å². The van der Waals surface area contributed by atoms with Crippen LogP contribution in [0.25, 0.3) is 0 Å². The van der Waals surface area contributed by atoms with E-state index < -0.39 is 0 Å². The molecule has 2 aromatic rings. The number of likely N-dealkylation sites (tertiary alicyclic amines) is 1. The molecule has 2 aromatic heterocycles. The molecule has 1 saturated carbocycles. The lowest BCUT2D eigenvalue weighted by Crippen LogP contribution is -2.33. The zero-order chi connectivity index (χ0) is 18.1. The number of rotatable bonds is 4. The van der Waals surface area contributed by atoms with Gasteiger partial charge < -0.3 is 14.1 Å². The second-order valence-electron chi connectivity index (χ2n) is 7.26. The number of aryl methyl sites for hydroxylation is 1. The lowest BCUT2D eigenvalue weighted by molar-refractivity contribution is 0.0672. The summed E-state index contributed by atoms with van der Waals surface area (Å²) in [5, 5.41) is 15.3. The number of nitrogens with zero attached hydrogens (tertiary/aromatic N) is 4. The molecule has 1 aliphatic carbocycles. The number of methoxy groups -OCH3 is 1. The Morgan fingerprint density at radius 2 is 2.12 bits per heavy atom. The predicted octanol–water partition coefficient (Wildman–Crippen LogP) is 2.75. The molecule has 140 valence electrons. The number of carbonyl (C=O) groups is 1. The molecule has 0 unspecified atom stereocenters. The van der Waals surface area contributed by atoms with E-state index in [0.29, 0.717) is 36.2 Å². The van der Waals surface area contributed by atoms with Crippen LogP contribution >= 0.6 is 0 Å². The highest BCUT2D eigenvalue weighted by Gasteiger charge is 2.41. The Labute approximate surface area is 152 Å². The molecule has 0 bridgehead atoms. The summed E-state index contributed by atoms with van der Waals surface area (Å²) in [5.41, 5.74) is 1.63. The lowest BCUT2D eigenvalue weighted by atomic mass is 9.85. The summed E-state index contributed by atoms with van der Waals surface area (Å²) < 4.78 is 11.1. The van der Waals surface area contributed by atoms with Gasteiger partial charge in [0.25, 0.3) is 5.91 Å². The zero-order valence-corrected chi connectivity index (χ0v) is 15.3.